The monoisotopic (exact) mass is 304 g/mol. The number of azo groups is 1. The van der Waals surface area contributed by atoms with E-state index in [1.165, 1.54) is 0 Å². The highest BCUT2D eigenvalue weighted by Gasteiger charge is 2.03. The first-order valence-electron chi connectivity index (χ1n) is 5.16. The Kier molecular flexibility index (Phi) is 3.84. The lowest BCUT2D eigenvalue weighted by molar-refractivity contribution is 0.204. The highest BCUT2D eigenvalue weighted by Crippen LogP contribution is 2.31. The third-order valence-electron chi connectivity index (χ3n) is 2.30. The fourth-order valence-corrected chi connectivity index (χ4v) is 1.82. The first-order chi connectivity index (χ1) is 8.66. The van der Waals surface area contributed by atoms with E-state index in [2.05, 4.69) is 26.2 Å². The average molecular weight is 305 g/mol. The van der Waals surface area contributed by atoms with Crippen molar-refractivity contribution >= 4 is 27.7 Å². The lowest BCUT2D eigenvalue weighted by atomic mass is 10.1. The molecule has 0 bridgehead atoms. The summed E-state index contributed by atoms with van der Waals surface area (Å²) in [6, 6.07) is 15.3. The highest BCUT2D eigenvalue weighted by molar-refractivity contribution is 9.10. The summed E-state index contributed by atoms with van der Waals surface area (Å²) in [6.07, 6.45) is -1.31. The Balaban J connectivity index is 2.41. The molecule has 0 heterocycles. The molecule has 4 nitrogen and oxygen atoms in total. The van der Waals surface area contributed by atoms with E-state index < -0.39 is 6.09 Å². The molecule has 2 rings (SSSR count). The van der Waals surface area contributed by atoms with Crippen LogP contribution in [0.5, 0.6) is 0 Å². The number of rotatable bonds is 2. The molecule has 0 aliphatic carbocycles. The fourth-order valence-electron chi connectivity index (χ4n) is 1.50. The minimum Gasteiger partial charge on any atom is -0.462 e. The maximum Gasteiger partial charge on any atom is 0.449 e. The Hall–Kier alpha value is -2.01. The summed E-state index contributed by atoms with van der Waals surface area (Å²) < 4.78 is 0.701. The van der Waals surface area contributed by atoms with Crippen molar-refractivity contribution in [2.45, 2.75) is 0 Å². The predicted molar refractivity (Wildman–Crippen MR) is 72.1 cm³/mol. The maximum atomic E-state index is 10.4. The summed E-state index contributed by atoms with van der Waals surface area (Å²) in [6.45, 7) is 0. The van der Waals surface area contributed by atoms with E-state index in [4.69, 9.17) is 5.11 Å². The lowest BCUT2D eigenvalue weighted by Gasteiger charge is -2.03. The number of halogens is 1. The minimum absolute atomic E-state index is 0.485. The largest absolute Gasteiger partial charge is 0.462 e. The van der Waals surface area contributed by atoms with Crippen molar-refractivity contribution in [3.05, 3.63) is 53.0 Å². The number of amides is 1. The quantitative estimate of drug-likeness (QED) is 0.804. The normalized spacial score (nSPS) is 10.7. The van der Waals surface area contributed by atoms with Crippen LogP contribution in [-0.2, 0) is 0 Å². The molecule has 90 valence electrons. The summed E-state index contributed by atoms with van der Waals surface area (Å²) >= 11 is 3.31. The van der Waals surface area contributed by atoms with E-state index in [1.54, 1.807) is 6.07 Å². The Morgan fingerprint density at radius 2 is 1.78 bits per heavy atom. The van der Waals surface area contributed by atoms with Gasteiger partial charge in [0.05, 0.1) is 0 Å². The summed E-state index contributed by atoms with van der Waals surface area (Å²) in [5.74, 6) is 0. The van der Waals surface area contributed by atoms with Crippen LogP contribution in [0.3, 0.4) is 0 Å². The zero-order valence-electron chi connectivity index (χ0n) is 9.25. The van der Waals surface area contributed by atoms with Crippen LogP contribution in [0, 0.1) is 0 Å². The molecule has 18 heavy (non-hydrogen) atoms. The number of hydrogen-bond acceptors (Lipinski definition) is 2. The molecule has 1 N–H and O–H groups in total. The van der Waals surface area contributed by atoms with Crippen LogP contribution in [0.2, 0.25) is 0 Å². The SMILES string of the molecule is O=C(O)/N=N/c1cc(-c2ccccc2)ccc1Br. The van der Waals surface area contributed by atoms with Gasteiger partial charge in [0.1, 0.15) is 5.69 Å². The summed E-state index contributed by atoms with van der Waals surface area (Å²) in [7, 11) is 0. The van der Waals surface area contributed by atoms with E-state index in [0.717, 1.165) is 11.1 Å². The zero-order chi connectivity index (χ0) is 13.0. The third kappa shape index (κ3) is 3.01. The summed E-state index contributed by atoms with van der Waals surface area (Å²) in [4.78, 5) is 10.4. The van der Waals surface area contributed by atoms with Crippen LogP contribution in [-0.4, -0.2) is 11.2 Å². The first kappa shape index (κ1) is 12.4. The highest BCUT2D eigenvalue weighted by atomic mass is 79.9. The number of carboxylic acid groups (broad SMARTS) is 1. The van der Waals surface area contributed by atoms with Gasteiger partial charge < -0.3 is 5.11 Å². The average Bonchev–Trinajstić information content (AvgIpc) is 2.38. The smallest absolute Gasteiger partial charge is 0.449 e. The molecule has 0 aromatic heterocycles. The van der Waals surface area contributed by atoms with Crippen LogP contribution < -0.4 is 0 Å². The molecular weight excluding hydrogens is 296 g/mol. The van der Waals surface area contributed by atoms with Gasteiger partial charge in [-0.3, -0.25) is 0 Å². The summed E-state index contributed by atoms with van der Waals surface area (Å²) in [5, 5.41) is 15.2. The van der Waals surface area contributed by atoms with Crippen molar-refractivity contribution in [2.75, 3.05) is 0 Å². The standard InChI is InChI=1S/C13H9BrN2O2/c14-11-7-6-10(9-4-2-1-3-5-9)8-12(11)15-16-13(17)18/h1-8H,(H,17,18)/b16-15+. The topological polar surface area (TPSA) is 62.0 Å². The second-order valence-electron chi connectivity index (χ2n) is 3.51. The summed E-state index contributed by atoms with van der Waals surface area (Å²) in [5.41, 5.74) is 2.48. The van der Waals surface area contributed by atoms with Gasteiger partial charge in [-0.2, -0.15) is 0 Å². The molecule has 2 aromatic rings. The molecule has 0 atom stereocenters. The van der Waals surface area contributed by atoms with E-state index in [-0.39, 0.29) is 0 Å². The molecular formula is C13H9BrN2O2. The van der Waals surface area contributed by atoms with Gasteiger partial charge >= 0.3 is 6.09 Å². The fraction of sp³-hybridized carbons (Fsp3) is 0. The van der Waals surface area contributed by atoms with Gasteiger partial charge in [0.25, 0.3) is 0 Å². The molecule has 2 aromatic carbocycles. The van der Waals surface area contributed by atoms with Gasteiger partial charge in [-0.05, 0) is 39.2 Å². The number of benzene rings is 2. The molecule has 0 fully saturated rings. The molecule has 0 spiro atoms. The Bertz CT molecular complexity index is 597. The van der Waals surface area contributed by atoms with Crippen LogP contribution in [0.25, 0.3) is 11.1 Å². The first-order valence-corrected chi connectivity index (χ1v) is 5.96. The molecule has 0 aliphatic rings. The van der Waals surface area contributed by atoms with Crippen molar-refractivity contribution in [3.8, 4) is 11.1 Å². The maximum absolute atomic E-state index is 10.4. The third-order valence-corrected chi connectivity index (χ3v) is 2.97. The van der Waals surface area contributed by atoms with Gasteiger partial charge in [0.2, 0.25) is 0 Å². The van der Waals surface area contributed by atoms with Crippen LogP contribution >= 0.6 is 15.9 Å². The van der Waals surface area contributed by atoms with Gasteiger partial charge in [-0.15, -0.1) is 5.11 Å². The van der Waals surface area contributed by atoms with Gasteiger partial charge in [-0.25, -0.2) is 4.79 Å². The van der Waals surface area contributed by atoms with E-state index in [0.29, 0.717) is 10.2 Å². The molecule has 5 heteroatoms. The molecule has 0 aliphatic heterocycles. The van der Waals surface area contributed by atoms with Gasteiger partial charge in [0, 0.05) is 4.47 Å². The van der Waals surface area contributed by atoms with E-state index >= 15 is 0 Å². The lowest BCUT2D eigenvalue weighted by Crippen LogP contribution is -1.82. The number of carbonyl (C=O) groups is 1. The van der Waals surface area contributed by atoms with Crippen molar-refractivity contribution in [3.63, 3.8) is 0 Å². The predicted octanol–water partition coefficient (Wildman–Crippen LogP) is 4.88. The molecule has 0 saturated carbocycles. The number of nitrogens with zero attached hydrogens (tertiary/aromatic N) is 2. The van der Waals surface area contributed by atoms with Crippen molar-refractivity contribution in [2.24, 2.45) is 10.2 Å². The van der Waals surface area contributed by atoms with Crippen LogP contribution in [0.15, 0.2) is 63.2 Å². The van der Waals surface area contributed by atoms with Gasteiger partial charge in [0.15, 0.2) is 0 Å². The Morgan fingerprint density at radius 1 is 1.06 bits per heavy atom. The van der Waals surface area contributed by atoms with Crippen molar-refractivity contribution in [1.82, 2.24) is 0 Å². The van der Waals surface area contributed by atoms with E-state index in [1.807, 2.05) is 42.5 Å². The van der Waals surface area contributed by atoms with Crippen molar-refractivity contribution in [1.29, 1.82) is 0 Å². The number of hydrogen-bond donors (Lipinski definition) is 1. The van der Waals surface area contributed by atoms with Crippen LogP contribution in [0.1, 0.15) is 0 Å². The second kappa shape index (κ2) is 5.55. The molecule has 0 saturated heterocycles. The van der Waals surface area contributed by atoms with Crippen molar-refractivity contribution < 1.29 is 9.90 Å². The molecule has 0 radical (unpaired) electrons. The minimum atomic E-state index is -1.31. The molecule has 1 amide bonds. The second-order valence-corrected chi connectivity index (χ2v) is 4.37. The Morgan fingerprint density at radius 3 is 2.44 bits per heavy atom. The Labute approximate surface area is 112 Å². The molecule has 0 unspecified atom stereocenters. The zero-order valence-corrected chi connectivity index (χ0v) is 10.8. The van der Waals surface area contributed by atoms with E-state index in [9.17, 15) is 4.79 Å². The van der Waals surface area contributed by atoms with Gasteiger partial charge in [-0.1, -0.05) is 41.5 Å². The van der Waals surface area contributed by atoms with Crippen LogP contribution in [0.4, 0.5) is 10.5 Å².